The van der Waals surface area contributed by atoms with Gasteiger partial charge in [-0.2, -0.15) is 0 Å². The van der Waals surface area contributed by atoms with E-state index >= 15 is 0 Å². The van der Waals surface area contributed by atoms with E-state index in [1.165, 1.54) is 0 Å². The monoisotopic (exact) mass is 659 g/mol. The highest BCUT2D eigenvalue weighted by molar-refractivity contribution is 6.32. The van der Waals surface area contributed by atoms with Crippen molar-refractivity contribution in [3.63, 3.8) is 0 Å². The van der Waals surface area contributed by atoms with Crippen LogP contribution in [0.2, 0.25) is 5.02 Å². The molecule has 3 fully saturated rings. The molecule has 19 nitrogen and oxygen atoms in total. The molecule has 1 aromatic rings. The molecule has 0 saturated carbocycles. The highest BCUT2D eigenvalue weighted by atomic mass is 35.5. The molecule has 0 radical (unpaired) electrons. The summed E-state index contributed by atoms with van der Waals surface area (Å²) in [4.78, 5) is 10.2. The van der Waals surface area contributed by atoms with Crippen LogP contribution >= 0.6 is 11.6 Å². The van der Waals surface area contributed by atoms with Gasteiger partial charge in [0.25, 0.3) is 5.69 Å². The average molecular weight is 660 g/mol. The number of nitro groups is 1. The maximum Gasteiger partial charge on any atom is 0.271 e. The Labute approximate surface area is 253 Å². The summed E-state index contributed by atoms with van der Waals surface area (Å²) in [5.41, 5.74) is -0.343. The van der Waals surface area contributed by atoms with Crippen LogP contribution in [0.4, 0.5) is 5.69 Å². The number of aliphatic hydroxyl groups is 10. The van der Waals surface area contributed by atoms with Crippen molar-refractivity contribution in [2.75, 3.05) is 19.8 Å². The van der Waals surface area contributed by atoms with Gasteiger partial charge in [0.1, 0.15) is 79.0 Å². The molecular weight excluding hydrogens is 626 g/mol. The van der Waals surface area contributed by atoms with E-state index in [2.05, 4.69) is 0 Å². The van der Waals surface area contributed by atoms with Gasteiger partial charge >= 0.3 is 0 Å². The van der Waals surface area contributed by atoms with Crippen LogP contribution in [0.5, 0.6) is 5.75 Å². The number of aliphatic hydroxyl groups excluding tert-OH is 10. The Kier molecular flexibility index (Phi) is 11.7. The van der Waals surface area contributed by atoms with Crippen molar-refractivity contribution < 1.29 is 84.4 Å². The molecule has 6 unspecified atom stereocenters. The van der Waals surface area contributed by atoms with E-state index in [4.69, 9.17) is 40.0 Å². The Bertz CT molecular complexity index is 1110. The van der Waals surface area contributed by atoms with Crippen LogP contribution in [0.25, 0.3) is 0 Å². The molecule has 10 N–H and O–H groups in total. The van der Waals surface area contributed by atoms with Crippen molar-refractivity contribution in [2.45, 2.75) is 92.1 Å². The summed E-state index contributed by atoms with van der Waals surface area (Å²) in [7, 11) is 0. The van der Waals surface area contributed by atoms with Crippen LogP contribution in [-0.2, 0) is 23.7 Å². The lowest BCUT2D eigenvalue weighted by molar-refractivity contribution is -0.384. The van der Waals surface area contributed by atoms with Gasteiger partial charge in [0.15, 0.2) is 12.6 Å². The molecule has 0 aromatic heterocycles. The fourth-order valence-corrected chi connectivity index (χ4v) is 5.18. The molecule has 44 heavy (non-hydrogen) atoms. The molecule has 0 amide bonds. The van der Waals surface area contributed by atoms with Crippen LogP contribution in [0.1, 0.15) is 0 Å². The third-order valence-electron chi connectivity index (χ3n) is 7.44. The van der Waals surface area contributed by atoms with Crippen molar-refractivity contribution >= 4 is 17.3 Å². The minimum atomic E-state index is -1.98. The zero-order valence-electron chi connectivity index (χ0n) is 22.6. The topological polar surface area (TPSA) is 301 Å². The zero-order valence-corrected chi connectivity index (χ0v) is 23.3. The Morgan fingerprint density at radius 1 is 0.682 bits per heavy atom. The molecule has 0 spiro atoms. The van der Waals surface area contributed by atoms with Crippen molar-refractivity contribution in [3.05, 3.63) is 33.3 Å². The second-order valence-electron chi connectivity index (χ2n) is 10.3. The normalized spacial score (nSPS) is 43.0. The number of halogens is 1. The number of nitro benzene ring substituents is 1. The SMILES string of the molecule is O=[N+]([O-])c1ccc(O[C@H]2OC(CO)[C@@H](O[C@H]3OC(CO)[C@@H](O[C@@H]4OC(CO)[C@H](O)[C@H](O)C4O)[C@H](O)C3O)[C@H](O)C2O)c(Cl)c1. The van der Waals surface area contributed by atoms with Crippen LogP contribution in [0.15, 0.2) is 18.2 Å². The molecule has 15 atom stereocenters. The zero-order chi connectivity index (χ0) is 32.5. The summed E-state index contributed by atoms with van der Waals surface area (Å²) in [5, 5.41) is 113. The first-order chi connectivity index (χ1) is 20.8. The molecule has 1 aromatic carbocycles. The highest BCUT2D eigenvalue weighted by Crippen LogP contribution is 2.35. The first kappa shape index (κ1) is 35.0. The lowest BCUT2D eigenvalue weighted by atomic mass is 9.96. The van der Waals surface area contributed by atoms with Crippen LogP contribution in [0, 0.1) is 10.1 Å². The van der Waals surface area contributed by atoms with Gasteiger partial charge in [-0.25, -0.2) is 0 Å². The lowest BCUT2D eigenvalue weighted by Gasteiger charge is -2.48. The molecule has 3 aliphatic heterocycles. The molecule has 250 valence electrons. The number of benzene rings is 1. The Hall–Kier alpha value is -1.89. The highest BCUT2D eigenvalue weighted by Gasteiger charge is 2.53. The molecular formula is C24H34ClNO18. The standard InChI is InChI=1S/C24H34ClNO18/c25-8-3-7(26(37)38)1-2-9(8)39-22-18(35)15(32)20(11(5-28)41-22)44-24-19(36)16(33)21(12(6-29)42-24)43-23-17(34)14(31)13(30)10(4-27)40-23/h1-3,10-24,27-36H,4-6H2/t10?,11?,12?,13-,14-,15+,16+,17?,18?,19?,20+,21+,22-,23-,24+/m0/s1. The maximum atomic E-state index is 10.9. The van der Waals surface area contributed by atoms with Gasteiger partial charge in [-0.3, -0.25) is 10.1 Å². The fraction of sp³-hybridized carbons (Fsp3) is 0.750. The molecule has 3 saturated heterocycles. The molecule has 0 aliphatic carbocycles. The predicted molar refractivity (Wildman–Crippen MR) is 138 cm³/mol. The van der Waals surface area contributed by atoms with Crippen LogP contribution in [0.3, 0.4) is 0 Å². The summed E-state index contributed by atoms with van der Waals surface area (Å²) in [5.74, 6) is -0.157. The van der Waals surface area contributed by atoms with Gasteiger partial charge in [-0.05, 0) is 6.07 Å². The fourth-order valence-electron chi connectivity index (χ4n) is 4.96. The van der Waals surface area contributed by atoms with E-state index in [0.717, 1.165) is 18.2 Å². The van der Waals surface area contributed by atoms with E-state index < -0.39 is 117 Å². The first-order valence-corrected chi connectivity index (χ1v) is 13.7. The Balaban J connectivity index is 1.44. The van der Waals surface area contributed by atoms with E-state index in [1.54, 1.807) is 0 Å². The number of non-ortho nitro benzene ring substituents is 1. The third-order valence-corrected chi connectivity index (χ3v) is 7.74. The van der Waals surface area contributed by atoms with Crippen LogP contribution < -0.4 is 4.74 Å². The summed E-state index contributed by atoms with van der Waals surface area (Å²) in [6.45, 7) is -2.47. The summed E-state index contributed by atoms with van der Waals surface area (Å²) in [6, 6.07) is 3.18. The van der Waals surface area contributed by atoms with Gasteiger partial charge in [0, 0.05) is 12.1 Å². The van der Waals surface area contributed by atoms with Crippen LogP contribution in [-0.4, -0.2) is 168 Å². The second-order valence-corrected chi connectivity index (χ2v) is 10.7. The second kappa shape index (κ2) is 14.7. The number of hydrogen-bond donors (Lipinski definition) is 10. The molecule has 0 bridgehead atoms. The number of nitrogens with zero attached hydrogens (tertiary/aromatic N) is 1. The number of rotatable bonds is 10. The summed E-state index contributed by atoms with van der Waals surface area (Å²) in [6.07, 6.45) is -25.9. The van der Waals surface area contributed by atoms with Gasteiger partial charge in [0.2, 0.25) is 6.29 Å². The minimum Gasteiger partial charge on any atom is -0.460 e. The van der Waals surface area contributed by atoms with Crippen molar-refractivity contribution in [1.82, 2.24) is 0 Å². The molecule has 3 heterocycles. The minimum absolute atomic E-state index is 0.157. The number of hydrogen-bond acceptors (Lipinski definition) is 18. The van der Waals surface area contributed by atoms with Gasteiger partial charge in [-0.1, -0.05) is 11.6 Å². The van der Waals surface area contributed by atoms with Gasteiger partial charge in [-0.15, -0.1) is 0 Å². The van der Waals surface area contributed by atoms with E-state index in [9.17, 15) is 61.2 Å². The first-order valence-electron chi connectivity index (χ1n) is 13.3. The largest absolute Gasteiger partial charge is 0.460 e. The van der Waals surface area contributed by atoms with E-state index in [1.807, 2.05) is 0 Å². The van der Waals surface area contributed by atoms with Crippen molar-refractivity contribution in [2.24, 2.45) is 0 Å². The van der Waals surface area contributed by atoms with Crippen molar-refractivity contribution in [1.29, 1.82) is 0 Å². The third kappa shape index (κ3) is 7.08. The maximum absolute atomic E-state index is 10.9. The Morgan fingerprint density at radius 2 is 1.14 bits per heavy atom. The molecule has 20 heteroatoms. The quantitative estimate of drug-likeness (QED) is 0.0831. The van der Waals surface area contributed by atoms with Gasteiger partial charge < -0.3 is 79.5 Å². The Morgan fingerprint density at radius 3 is 1.61 bits per heavy atom. The van der Waals surface area contributed by atoms with Gasteiger partial charge in [0.05, 0.1) is 29.8 Å². The van der Waals surface area contributed by atoms with E-state index in [-0.39, 0.29) is 16.5 Å². The predicted octanol–water partition coefficient (Wildman–Crippen LogP) is -4.92. The van der Waals surface area contributed by atoms with E-state index in [0.29, 0.717) is 0 Å². The lowest BCUT2D eigenvalue weighted by Crippen LogP contribution is -2.66. The number of ether oxygens (including phenoxy) is 6. The average Bonchev–Trinajstić information content (AvgIpc) is 3.00. The smallest absolute Gasteiger partial charge is 0.271 e. The molecule has 4 rings (SSSR count). The summed E-state index contributed by atoms with van der Waals surface area (Å²) >= 11 is 6.01. The molecule has 3 aliphatic rings. The summed E-state index contributed by atoms with van der Waals surface area (Å²) < 4.78 is 32.8. The van der Waals surface area contributed by atoms with Crippen molar-refractivity contribution in [3.8, 4) is 5.75 Å².